The molecule has 4 heteroatoms. The number of nitrogens with zero attached hydrogens (tertiary/aromatic N) is 1. The third-order valence-electron chi connectivity index (χ3n) is 4.41. The first kappa shape index (κ1) is 16.1. The van der Waals surface area contributed by atoms with Crippen molar-refractivity contribution in [3.05, 3.63) is 101 Å². The van der Waals surface area contributed by atoms with Gasteiger partial charge in [0.25, 0.3) is 0 Å². The average Bonchev–Trinajstić information content (AvgIpc) is 3.20. The molecular weight excluding hydrogens is 328 g/mol. The Morgan fingerprint density at radius 3 is 2.44 bits per heavy atom. The summed E-state index contributed by atoms with van der Waals surface area (Å²) in [5.74, 6) is 1.02. The first-order valence-electron chi connectivity index (χ1n) is 8.31. The fraction of sp³-hybridized carbons (Fsp3) is 0.143. The SMILES string of the molecule is O=C(c1ccccc1)c1ccccc1C1(c2ccccn2)NCCS1. The summed E-state index contributed by atoms with van der Waals surface area (Å²) in [4.78, 5) is 17.2. The predicted molar refractivity (Wildman–Crippen MR) is 102 cm³/mol. The first-order chi connectivity index (χ1) is 12.3. The third-order valence-corrected chi connectivity index (χ3v) is 5.82. The third kappa shape index (κ3) is 2.88. The summed E-state index contributed by atoms with van der Waals surface area (Å²) < 4.78 is 0. The van der Waals surface area contributed by atoms with E-state index in [1.54, 1.807) is 18.0 Å². The number of thioether (sulfide) groups is 1. The van der Waals surface area contributed by atoms with Crippen molar-refractivity contribution in [1.82, 2.24) is 10.3 Å². The van der Waals surface area contributed by atoms with E-state index in [2.05, 4.69) is 10.3 Å². The minimum atomic E-state index is -0.484. The van der Waals surface area contributed by atoms with Crippen LogP contribution in [0.15, 0.2) is 79.0 Å². The molecule has 1 saturated heterocycles. The molecular formula is C21H18N2OS. The fourth-order valence-corrected chi connectivity index (χ4v) is 4.58. The van der Waals surface area contributed by atoms with Gasteiger partial charge < -0.3 is 0 Å². The Labute approximate surface area is 151 Å². The van der Waals surface area contributed by atoms with Gasteiger partial charge in [-0.1, -0.05) is 60.7 Å². The Balaban J connectivity index is 1.87. The standard InChI is InChI=1S/C21H18N2OS/c24-20(16-8-2-1-3-9-16)17-10-4-5-11-18(17)21(23-14-15-25-21)19-12-6-7-13-22-19/h1-13,23H,14-15H2. The van der Waals surface area contributed by atoms with Gasteiger partial charge in [-0.2, -0.15) is 0 Å². The largest absolute Gasteiger partial charge is 0.293 e. The molecule has 2 heterocycles. The normalized spacial score (nSPS) is 19.7. The summed E-state index contributed by atoms with van der Waals surface area (Å²) in [6.07, 6.45) is 1.80. The summed E-state index contributed by atoms with van der Waals surface area (Å²) >= 11 is 1.80. The van der Waals surface area contributed by atoms with Crippen molar-refractivity contribution in [3.63, 3.8) is 0 Å². The number of nitrogens with one attached hydrogen (secondary N) is 1. The molecule has 3 aromatic rings. The lowest BCUT2D eigenvalue weighted by Crippen LogP contribution is -2.38. The van der Waals surface area contributed by atoms with Crippen molar-refractivity contribution in [2.24, 2.45) is 0 Å². The van der Waals surface area contributed by atoms with Crippen LogP contribution in [0.3, 0.4) is 0 Å². The highest BCUT2D eigenvalue weighted by Gasteiger charge is 2.41. The average molecular weight is 346 g/mol. The molecule has 0 bridgehead atoms. The van der Waals surface area contributed by atoms with Gasteiger partial charge in [-0.25, -0.2) is 0 Å². The molecule has 0 saturated carbocycles. The summed E-state index contributed by atoms with van der Waals surface area (Å²) in [6, 6.07) is 23.2. The van der Waals surface area contributed by atoms with Crippen molar-refractivity contribution >= 4 is 17.5 Å². The highest BCUT2D eigenvalue weighted by molar-refractivity contribution is 8.00. The van der Waals surface area contributed by atoms with E-state index in [9.17, 15) is 4.79 Å². The zero-order chi connectivity index (χ0) is 17.1. The highest BCUT2D eigenvalue weighted by Crippen LogP contribution is 2.44. The van der Waals surface area contributed by atoms with Gasteiger partial charge in [0.2, 0.25) is 0 Å². The van der Waals surface area contributed by atoms with E-state index in [0.717, 1.165) is 29.1 Å². The van der Waals surface area contributed by atoms with Crippen LogP contribution >= 0.6 is 11.8 Å². The van der Waals surface area contributed by atoms with E-state index in [4.69, 9.17) is 0 Å². The Morgan fingerprint density at radius 1 is 0.960 bits per heavy atom. The molecule has 1 N–H and O–H groups in total. The summed E-state index contributed by atoms with van der Waals surface area (Å²) in [5.41, 5.74) is 3.34. The molecule has 4 rings (SSSR count). The number of ketones is 1. The molecule has 3 nitrogen and oxygen atoms in total. The number of pyridine rings is 1. The second-order valence-electron chi connectivity index (χ2n) is 5.91. The molecule has 1 aliphatic heterocycles. The van der Waals surface area contributed by atoms with Gasteiger partial charge in [0, 0.05) is 29.6 Å². The second-order valence-corrected chi connectivity index (χ2v) is 7.22. The zero-order valence-corrected chi connectivity index (χ0v) is 14.5. The van der Waals surface area contributed by atoms with Crippen molar-refractivity contribution in [2.75, 3.05) is 12.3 Å². The monoisotopic (exact) mass is 346 g/mol. The maximum atomic E-state index is 13.1. The quantitative estimate of drug-likeness (QED) is 0.729. The maximum Gasteiger partial charge on any atom is 0.193 e. The Morgan fingerprint density at radius 2 is 1.72 bits per heavy atom. The van der Waals surface area contributed by atoms with Crippen LogP contribution in [0.2, 0.25) is 0 Å². The lowest BCUT2D eigenvalue weighted by molar-refractivity contribution is 0.103. The number of carbonyl (C=O) groups is 1. The number of benzene rings is 2. The van der Waals surface area contributed by atoms with Crippen LogP contribution in [-0.4, -0.2) is 23.1 Å². The molecule has 1 atom stereocenters. The molecule has 0 radical (unpaired) electrons. The van der Waals surface area contributed by atoms with Crippen molar-refractivity contribution < 1.29 is 4.79 Å². The Kier molecular flexibility index (Phi) is 4.38. The van der Waals surface area contributed by atoms with Gasteiger partial charge in [0.1, 0.15) is 4.87 Å². The van der Waals surface area contributed by atoms with E-state index in [1.165, 1.54) is 0 Å². The van der Waals surface area contributed by atoms with Crippen LogP contribution in [0.1, 0.15) is 27.2 Å². The summed E-state index contributed by atoms with van der Waals surface area (Å²) in [5, 5.41) is 3.60. The topological polar surface area (TPSA) is 42.0 Å². The molecule has 1 unspecified atom stereocenters. The number of hydrogen-bond acceptors (Lipinski definition) is 4. The summed E-state index contributed by atoms with van der Waals surface area (Å²) in [6.45, 7) is 0.884. The van der Waals surface area contributed by atoms with E-state index in [-0.39, 0.29) is 5.78 Å². The van der Waals surface area contributed by atoms with Crippen molar-refractivity contribution in [2.45, 2.75) is 4.87 Å². The molecule has 2 aromatic carbocycles. The van der Waals surface area contributed by atoms with Crippen molar-refractivity contribution in [3.8, 4) is 0 Å². The van der Waals surface area contributed by atoms with Crippen LogP contribution in [0.5, 0.6) is 0 Å². The Bertz CT molecular complexity index is 875. The van der Waals surface area contributed by atoms with E-state index in [1.807, 2.05) is 72.8 Å². The van der Waals surface area contributed by atoms with Crippen LogP contribution in [0.25, 0.3) is 0 Å². The lowest BCUT2D eigenvalue weighted by atomic mass is 9.92. The zero-order valence-electron chi connectivity index (χ0n) is 13.7. The molecule has 1 aromatic heterocycles. The second kappa shape index (κ2) is 6.82. The van der Waals surface area contributed by atoms with E-state index in [0.29, 0.717) is 5.56 Å². The van der Waals surface area contributed by atoms with Gasteiger partial charge in [-0.15, -0.1) is 11.8 Å². The maximum absolute atomic E-state index is 13.1. The number of aromatic nitrogens is 1. The van der Waals surface area contributed by atoms with Gasteiger partial charge in [-0.3, -0.25) is 15.1 Å². The van der Waals surface area contributed by atoms with Crippen LogP contribution in [-0.2, 0) is 4.87 Å². The number of hydrogen-bond donors (Lipinski definition) is 1. The summed E-state index contributed by atoms with van der Waals surface area (Å²) in [7, 11) is 0. The number of carbonyl (C=O) groups excluding carboxylic acids is 1. The fourth-order valence-electron chi connectivity index (χ4n) is 3.26. The van der Waals surface area contributed by atoms with E-state index < -0.39 is 4.87 Å². The highest BCUT2D eigenvalue weighted by atomic mass is 32.2. The lowest BCUT2D eigenvalue weighted by Gasteiger charge is -2.30. The van der Waals surface area contributed by atoms with Crippen LogP contribution < -0.4 is 5.32 Å². The van der Waals surface area contributed by atoms with Gasteiger partial charge in [-0.05, 0) is 17.7 Å². The minimum Gasteiger partial charge on any atom is -0.293 e. The number of rotatable bonds is 4. The smallest absolute Gasteiger partial charge is 0.193 e. The van der Waals surface area contributed by atoms with Gasteiger partial charge in [0.05, 0.1) is 5.69 Å². The predicted octanol–water partition coefficient (Wildman–Crippen LogP) is 3.85. The Hall–Kier alpha value is -2.43. The van der Waals surface area contributed by atoms with Gasteiger partial charge >= 0.3 is 0 Å². The van der Waals surface area contributed by atoms with E-state index >= 15 is 0 Å². The molecule has 0 aliphatic carbocycles. The molecule has 1 fully saturated rings. The van der Waals surface area contributed by atoms with Gasteiger partial charge in [0.15, 0.2) is 5.78 Å². The first-order valence-corrected chi connectivity index (χ1v) is 9.29. The molecule has 1 aliphatic rings. The minimum absolute atomic E-state index is 0.0424. The molecule has 124 valence electrons. The van der Waals surface area contributed by atoms with Crippen LogP contribution in [0.4, 0.5) is 0 Å². The molecule has 0 spiro atoms. The van der Waals surface area contributed by atoms with Crippen LogP contribution in [0, 0.1) is 0 Å². The van der Waals surface area contributed by atoms with Crippen molar-refractivity contribution in [1.29, 1.82) is 0 Å². The molecule has 0 amide bonds. The molecule has 25 heavy (non-hydrogen) atoms.